The van der Waals surface area contributed by atoms with Crippen molar-refractivity contribution in [2.75, 3.05) is 13.1 Å². The summed E-state index contributed by atoms with van der Waals surface area (Å²) in [7, 11) is 0. The molecule has 1 aliphatic rings. The van der Waals surface area contributed by atoms with E-state index in [1.807, 2.05) is 6.92 Å². The maximum atomic E-state index is 13.8. The number of hydrogen-bond donors (Lipinski definition) is 1. The summed E-state index contributed by atoms with van der Waals surface area (Å²) in [5, 5.41) is 3.38. The van der Waals surface area contributed by atoms with Crippen molar-refractivity contribution in [3.05, 3.63) is 35.4 Å². The number of nitrogens with zero attached hydrogens (tertiary/aromatic N) is 1. The zero-order chi connectivity index (χ0) is 13.3. The molecule has 100 valence electrons. The van der Waals surface area contributed by atoms with Crippen molar-refractivity contribution in [1.29, 1.82) is 0 Å². The van der Waals surface area contributed by atoms with Crippen LogP contribution in [0.3, 0.4) is 0 Å². The number of rotatable bonds is 2. The third-order valence-electron chi connectivity index (χ3n) is 3.74. The van der Waals surface area contributed by atoms with Gasteiger partial charge in [-0.15, -0.1) is 0 Å². The van der Waals surface area contributed by atoms with Crippen LogP contribution in [0.2, 0.25) is 0 Å². The highest BCUT2D eigenvalue weighted by atomic mass is 19.2. The molecule has 0 amide bonds. The van der Waals surface area contributed by atoms with Crippen molar-refractivity contribution in [3.8, 4) is 0 Å². The number of hydrogen-bond acceptors (Lipinski definition) is 2. The number of benzene rings is 1. The predicted octanol–water partition coefficient (Wildman–Crippen LogP) is 2.71. The van der Waals surface area contributed by atoms with E-state index in [2.05, 4.69) is 24.1 Å². The van der Waals surface area contributed by atoms with E-state index in [0.29, 0.717) is 17.6 Å². The lowest BCUT2D eigenvalue weighted by Crippen LogP contribution is -2.54. The van der Waals surface area contributed by atoms with Gasteiger partial charge in [-0.3, -0.25) is 4.90 Å². The molecule has 1 saturated heterocycles. The first-order valence-corrected chi connectivity index (χ1v) is 6.43. The van der Waals surface area contributed by atoms with Gasteiger partial charge in [-0.2, -0.15) is 0 Å². The molecule has 1 fully saturated rings. The van der Waals surface area contributed by atoms with Crippen LogP contribution in [0.4, 0.5) is 8.78 Å². The van der Waals surface area contributed by atoms with Crippen LogP contribution in [-0.4, -0.2) is 30.1 Å². The maximum absolute atomic E-state index is 13.8. The Morgan fingerprint density at radius 2 is 2.06 bits per heavy atom. The van der Waals surface area contributed by atoms with Gasteiger partial charge in [0.05, 0.1) is 0 Å². The van der Waals surface area contributed by atoms with E-state index >= 15 is 0 Å². The smallest absolute Gasteiger partial charge is 0.163 e. The van der Waals surface area contributed by atoms with Crippen molar-refractivity contribution in [1.82, 2.24) is 10.2 Å². The van der Waals surface area contributed by atoms with Gasteiger partial charge in [-0.1, -0.05) is 12.1 Å². The Hall–Kier alpha value is -1.00. The van der Waals surface area contributed by atoms with Crippen LogP contribution < -0.4 is 5.32 Å². The third-order valence-corrected chi connectivity index (χ3v) is 3.74. The Morgan fingerprint density at radius 1 is 1.33 bits per heavy atom. The van der Waals surface area contributed by atoms with Crippen LogP contribution in [0, 0.1) is 11.6 Å². The van der Waals surface area contributed by atoms with Crippen LogP contribution in [0.15, 0.2) is 18.2 Å². The first kappa shape index (κ1) is 13.4. The molecule has 4 heteroatoms. The molecule has 0 saturated carbocycles. The van der Waals surface area contributed by atoms with Gasteiger partial charge in [0, 0.05) is 36.8 Å². The van der Waals surface area contributed by atoms with Gasteiger partial charge in [0.1, 0.15) is 0 Å². The SMILES string of the molecule is CC1CN(C(C)c2cccc(F)c2F)C(C)CN1. The van der Waals surface area contributed by atoms with E-state index in [-0.39, 0.29) is 6.04 Å². The molecule has 0 spiro atoms. The minimum atomic E-state index is -0.768. The lowest BCUT2D eigenvalue weighted by Gasteiger charge is -2.41. The summed E-state index contributed by atoms with van der Waals surface area (Å²) >= 11 is 0. The molecule has 0 aromatic heterocycles. The molecule has 18 heavy (non-hydrogen) atoms. The Kier molecular flexibility index (Phi) is 3.97. The van der Waals surface area contributed by atoms with Crippen LogP contribution >= 0.6 is 0 Å². The zero-order valence-electron chi connectivity index (χ0n) is 11.1. The summed E-state index contributed by atoms with van der Waals surface area (Å²) in [6, 6.07) is 4.98. The van der Waals surface area contributed by atoms with Crippen molar-refractivity contribution in [2.45, 2.75) is 38.9 Å². The van der Waals surface area contributed by atoms with E-state index in [9.17, 15) is 8.78 Å². The lowest BCUT2D eigenvalue weighted by atomic mass is 10.0. The van der Waals surface area contributed by atoms with Gasteiger partial charge < -0.3 is 5.32 Å². The van der Waals surface area contributed by atoms with Gasteiger partial charge >= 0.3 is 0 Å². The molecule has 3 atom stereocenters. The van der Waals surface area contributed by atoms with Crippen LogP contribution in [0.25, 0.3) is 0 Å². The molecule has 1 aromatic rings. The summed E-state index contributed by atoms with van der Waals surface area (Å²) in [5.74, 6) is -1.49. The third kappa shape index (κ3) is 2.54. The standard InChI is InChI=1S/C14H20F2N2/c1-9-8-18(10(2)7-17-9)11(3)12-5-4-6-13(15)14(12)16/h4-6,9-11,17H,7-8H2,1-3H3. The van der Waals surface area contributed by atoms with E-state index in [0.717, 1.165) is 19.2 Å². The highest BCUT2D eigenvalue weighted by Gasteiger charge is 2.28. The molecule has 0 bridgehead atoms. The van der Waals surface area contributed by atoms with Crippen LogP contribution in [-0.2, 0) is 0 Å². The van der Waals surface area contributed by atoms with Crippen molar-refractivity contribution >= 4 is 0 Å². The monoisotopic (exact) mass is 254 g/mol. The first-order chi connectivity index (χ1) is 8.50. The molecular formula is C14H20F2N2. The largest absolute Gasteiger partial charge is 0.311 e. The Bertz CT molecular complexity index is 422. The summed E-state index contributed by atoms with van der Waals surface area (Å²) in [6.45, 7) is 7.87. The highest BCUT2D eigenvalue weighted by molar-refractivity contribution is 5.22. The van der Waals surface area contributed by atoms with Gasteiger partial charge in [-0.25, -0.2) is 8.78 Å². The van der Waals surface area contributed by atoms with Gasteiger partial charge in [-0.05, 0) is 26.8 Å². The fourth-order valence-electron chi connectivity index (χ4n) is 2.61. The predicted molar refractivity (Wildman–Crippen MR) is 68.4 cm³/mol. The quantitative estimate of drug-likeness (QED) is 0.873. The second-order valence-corrected chi connectivity index (χ2v) is 5.17. The molecule has 0 aliphatic carbocycles. The molecule has 1 heterocycles. The van der Waals surface area contributed by atoms with Gasteiger partial charge in [0.2, 0.25) is 0 Å². The minimum absolute atomic E-state index is 0.111. The maximum Gasteiger partial charge on any atom is 0.163 e. The second kappa shape index (κ2) is 5.33. The van der Waals surface area contributed by atoms with E-state index in [1.54, 1.807) is 12.1 Å². The molecule has 1 N–H and O–H groups in total. The summed E-state index contributed by atoms with van der Waals surface area (Å²) in [6.07, 6.45) is 0. The lowest BCUT2D eigenvalue weighted by molar-refractivity contribution is 0.101. The first-order valence-electron chi connectivity index (χ1n) is 6.43. The molecule has 2 nitrogen and oxygen atoms in total. The minimum Gasteiger partial charge on any atom is -0.311 e. The molecular weight excluding hydrogens is 234 g/mol. The van der Waals surface area contributed by atoms with E-state index in [4.69, 9.17) is 0 Å². The summed E-state index contributed by atoms with van der Waals surface area (Å²) in [4.78, 5) is 2.22. The average molecular weight is 254 g/mol. The summed E-state index contributed by atoms with van der Waals surface area (Å²) < 4.78 is 27.1. The number of piperazine rings is 1. The van der Waals surface area contributed by atoms with E-state index in [1.165, 1.54) is 0 Å². The van der Waals surface area contributed by atoms with E-state index < -0.39 is 11.6 Å². The Morgan fingerprint density at radius 3 is 2.78 bits per heavy atom. The van der Waals surface area contributed by atoms with Gasteiger partial charge in [0.25, 0.3) is 0 Å². The molecule has 1 aliphatic heterocycles. The Balaban J connectivity index is 2.24. The second-order valence-electron chi connectivity index (χ2n) is 5.17. The molecule has 1 aromatic carbocycles. The number of nitrogens with one attached hydrogen (secondary N) is 1. The fraction of sp³-hybridized carbons (Fsp3) is 0.571. The topological polar surface area (TPSA) is 15.3 Å². The van der Waals surface area contributed by atoms with Gasteiger partial charge in [0.15, 0.2) is 11.6 Å². The zero-order valence-corrected chi connectivity index (χ0v) is 11.1. The fourth-order valence-corrected chi connectivity index (χ4v) is 2.61. The van der Waals surface area contributed by atoms with Crippen molar-refractivity contribution < 1.29 is 8.78 Å². The van der Waals surface area contributed by atoms with Crippen molar-refractivity contribution in [2.24, 2.45) is 0 Å². The highest BCUT2D eigenvalue weighted by Crippen LogP contribution is 2.27. The van der Waals surface area contributed by atoms with Crippen molar-refractivity contribution in [3.63, 3.8) is 0 Å². The summed E-state index contributed by atoms with van der Waals surface area (Å²) in [5.41, 5.74) is 0.441. The van der Waals surface area contributed by atoms with Crippen LogP contribution in [0.5, 0.6) is 0 Å². The Labute approximate surface area is 107 Å². The average Bonchev–Trinajstić information content (AvgIpc) is 2.35. The molecule has 2 rings (SSSR count). The molecule has 3 unspecified atom stereocenters. The number of halogens is 2. The normalized spacial score (nSPS) is 27.2. The molecule has 0 radical (unpaired) electrons. The van der Waals surface area contributed by atoms with Crippen LogP contribution in [0.1, 0.15) is 32.4 Å².